The van der Waals surface area contributed by atoms with Crippen molar-refractivity contribution in [1.82, 2.24) is 25.2 Å². The molecule has 0 spiro atoms. The van der Waals surface area contributed by atoms with Crippen LogP contribution in [0.4, 0.5) is 5.82 Å². The molecule has 1 fully saturated rings. The van der Waals surface area contributed by atoms with Gasteiger partial charge in [-0.25, -0.2) is 9.67 Å². The van der Waals surface area contributed by atoms with Gasteiger partial charge in [-0.3, -0.25) is 4.79 Å². The number of rotatable bonds is 4. The number of carbonyl (C=O) groups is 1. The highest BCUT2D eigenvalue weighted by Gasteiger charge is 2.43. The third kappa shape index (κ3) is 3.20. The number of hydrogen-bond acceptors (Lipinski definition) is 7. The number of halogens is 1. The number of amides is 1. The fourth-order valence-corrected chi connectivity index (χ4v) is 3.98. The minimum Gasteiger partial charge on any atom is -0.381 e. The van der Waals surface area contributed by atoms with Crippen LogP contribution in [0.3, 0.4) is 0 Å². The lowest BCUT2D eigenvalue weighted by Crippen LogP contribution is -2.50. The third-order valence-corrected chi connectivity index (χ3v) is 5.67. The molecule has 3 aromatic heterocycles. The Labute approximate surface area is 158 Å². The van der Waals surface area contributed by atoms with Gasteiger partial charge in [-0.2, -0.15) is 0 Å². The van der Waals surface area contributed by atoms with Crippen molar-refractivity contribution in [2.24, 2.45) is 0 Å². The minimum absolute atomic E-state index is 0.201. The van der Waals surface area contributed by atoms with Gasteiger partial charge in [-0.05, 0) is 34.7 Å². The van der Waals surface area contributed by atoms with Gasteiger partial charge < -0.3 is 10.1 Å². The maximum absolute atomic E-state index is 13.0. The monoisotopic (exact) mass is 390 g/mol. The first-order valence-corrected chi connectivity index (χ1v) is 9.21. The quantitative estimate of drug-likeness (QED) is 0.735. The Hall–Kier alpha value is -2.36. The maximum atomic E-state index is 13.0. The van der Waals surface area contributed by atoms with Gasteiger partial charge in [0.2, 0.25) is 0 Å². The number of aromatic nitrogens is 5. The Bertz CT molecular complexity index is 890. The fraction of sp³-hybridized carbons (Fsp3) is 0.312. The largest absolute Gasteiger partial charge is 0.381 e. The Kier molecular flexibility index (Phi) is 4.66. The fourth-order valence-electron chi connectivity index (χ4n) is 2.94. The van der Waals surface area contributed by atoms with Gasteiger partial charge >= 0.3 is 0 Å². The van der Waals surface area contributed by atoms with Crippen molar-refractivity contribution >= 4 is 34.7 Å². The predicted molar refractivity (Wildman–Crippen MR) is 97.0 cm³/mol. The molecule has 4 heterocycles. The van der Waals surface area contributed by atoms with E-state index in [1.54, 1.807) is 12.3 Å². The van der Waals surface area contributed by atoms with Crippen LogP contribution in [0.25, 0.3) is 10.4 Å². The number of nitrogens with one attached hydrogen (secondary N) is 1. The van der Waals surface area contributed by atoms with E-state index in [1.807, 2.05) is 18.2 Å². The van der Waals surface area contributed by atoms with E-state index in [2.05, 4.69) is 25.8 Å². The van der Waals surface area contributed by atoms with Gasteiger partial charge in [-0.1, -0.05) is 11.6 Å². The highest BCUT2D eigenvalue weighted by atomic mass is 35.5. The van der Waals surface area contributed by atoms with Crippen LogP contribution in [0.2, 0.25) is 4.34 Å². The molecule has 1 aliphatic heterocycles. The van der Waals surface area contributed by atoms with Crippen molar-refractivity contribution in [3.05, 3.63) is 41.1 Å². The van der Waals surface area contributed by atoms with E-state index in [0.717, 1.165) is 14.8 Å². The summed E-state index contributed by atoms with van der Waals surface area (Å²) in [4.78, 5) is 18.4. The van der Waals surface area contributed by atoms with Crippen LogP contribution in [0, 0.1) is 0 Å². The van der Waals surface area contributed by atoms with E-state index >= 15 is 0 Å². The number of carbonyl (C=O) groups excluding carboxylic acids is 1. The number of nitrogens with zero attached hydrogens (tertiary/aromatic N) is 5. The first-order valence-electron chi connectivity index (χ1n) is 8.02. The second kappa shape index (κ2) is 7.10. The molecule has 0 radical (unpaired) electrons. The minimum atomic E-state index is -0.872. The van der Waals surface area contributed by atoms with Gasteiger partial charge in [0.1, 0.15) is 17.7 Å². The van der Waals surface area contributed by atoms with Crippen molar-refractivity contribution in [2.45, 2.75) is 18.4 Å². The van der Waals surface area contributed by atoms with Crippen LogP contribution in [-0.4, -0.2) is 44.3 Å². The lowest BCUT2D eigenvalue weighted by Gasteiger charge is -2.34. The number of pyridine rings is 1. The van der Waals surface area contributed by atoms with Crippen LogP contribution >= 0.6 is 22.9 Å². The zero-order chi connectivity index (χ0) is 18.0. The molecular weight excluding hydrogens is 376 g/mol. The van der Waals surface area contributed by atoms with Gasteiger partial charge in [0.15, 0.2) is 0 Å². The van der Waals surface area contributed by atoms with Gasteiger partial charge in [-0.15, -0.1) is 16.4 Å². The second-order valence-corrected chi connectivity index (χ2v) is 7.60. The third-order valence-electron chi connectivity index (χ3n) is 4.39. The standard InChI is InChI=1S/C16H15ClN6O2S/c17-13-3-2-12(26-13)11-1-4-14(18-9-11)20-15(24)16(5-7-25-8-6-16)23-10-19-21-22-23/h1-4,9-10H,5-8H2,(H,18,20,24). The summed E-state index contributed by atoms with van der Waals surface area (Å²) in [6, 6.07) is 7.46. The summed E-state index contributed by atoms with van der Waals surface area (Å²) in [6.45, 7) is 0.942. The van der Waals surface area contributed by atoms with E-state index in [-0.39, 0.29) is 5.91 Å². The molecule has 134 valence electrons. The number of tetrazole rings is 1. The number of anilines is 1. The summed E-state index contributed by atoms with van der Waals surface area (Å²) in [5.74, 6) is 0.271. The molecule has 26 heavy (non-hydrogen) atoms. The molecule has 0 aliphatic carbocycles. The summed E-state index contributed by atoms with van der Waals surface area (Å²) >= 11 is 7.45. The zero-order valence-electron chi connectivity index (χ0n) is 13.6. The topological polar surface area (TPSA) is 94.8 Å². The van der Waals surface area contributed by atoms with Crippen molar-refractivity contribution < 1.29 is 9.53 Å². The normalized spacial score (nSPS) is 16.3. The lowest BCUT2D eigenvalue weighted by atomic mass is 9.89. The molecule has 1 saturated heterocycles. The second-order valence-electron chi connectivity index (χ2n) is 5.89. The van der Waals surface area contributed by atoms with E-state index < -0.39 is 5.54 Å². The SMILES string of the molecule is O=C(Nc1ccc(-c2ccc(Cl)s2)cn1)C1(n2cnnn2)CCOCC1. The number of ether oxygens (including phenoxy) is 1. The highest BCUT2D eigenvalue weighted by molar-refractivity contribution is 7.19. The van der Waals surface area contributed by atoms with E-state index in [1.165, 1.54) is 22.3 Å². The molecule has 0 aromatic carbocycles. The molecule has 8 nitrogen and oxygen atoms in total. The van der Waals surface area contributed by atoms with Gasteiger partial charge in [0.25, 0.3) is 5.91 Å². The molecule has 0 bridgehead atoms. The zero-order valence-corrected chi connectivity index (χ0v) is 15.2. The Morgan fingerprint density at radius 3 is 2.73 bits per heavy atom. The summed E-state index contributed by atoms with van der Waals surface area (Å²) in [7, 11) is 0. The first kappa shape index (κ1) is 17.1. The molecule has 0 atom stereocenters. The summed E-state index contributed by atoms with van der Waals surface area (Å²) < 4.78 is 7.63. The van der Waals surface area contributed by atoms with Crippen LogP contribution < -0.4 is 5.32 Å². The molecule has 1 aliphatic rings. The Balaban J connectivity index is 1.55. The van der Waals surface area contributed by atoms with Gasteiger partial charge in [0.05, 0.1) is 4.34 Å². The summed E-state index contributed by atoms with van der Waals surface area (Å²) in [5.41, 5.74) is 0.0739. The van der Waals surface area contributed by atoms with Crippen LogP contribution in [-0.2, 0) is 15.1 Å². The summed E-state index contributed by atoms with van der Waals surface area (Å²) in [5, 5.41) is 14.1. The molecule has 1 N–H and O–H groups in total. The molecule has 10 heteroatoms. The molecule has 1 amide bonds. The average Bonchev–Trinajstić information content (AvgIpc) is 3.35. The van der Waals surface area contributed by atoms with Crippen molar-refractivity contribution in [3.63, 3.8) is 0 Å². The van der Waals surface area contributed by atoms with Crippen molar-refractivity contribution in [3.8, 4) is 10.4 Å². The Morgan fingerprint density at radius 1 is 1.27 bits per heavy atom. The predicted octanol–water partition coefficient (Wildman–Crippen LogP) is 2.59. The highest BCUT2D eigenvalue weighted by Crippen LogP contribution is 2.32. The molecule has 4 rings (SSSR count). The molecular formula is C16H15ClN6O2S. The molecule has 0 saturated carbocycles. The summed E-state index contributed by atoms with van der Waals surface area (Å²) in [6.07, 6.45) is 4.17. The van der Waals surface area contributed by atoms with Gasteiger partial charge in [0, 0.05) is 42.7 Å². The lowest BCUT2D eigenvalue weighted by molar-refractivity contribution is -0.130. The van der Waals surface area contributed by atoms with E-state index in [9.17, 15) is 4.79 Å². The van der Waals surface area contributed by atoms with Crippen molar-refractivity contribution in [2.75, 3.05) is 18.5 Å². The Morgan fingerprint density at radius 2 is 2.12 bits per heavy atom. The first-order chi connectivity index (χ1) is 12.7. The van der Waals surface area contributed by atoms with E-state index in [0.29, 0.717) is 31.9 Å². The van der Waals surface area contributed by atoms with Crippen LogP contribution in [0.5, 0.6) is 0 Å². The van der Waals surface area contributed by atoms with E-state index in [4.69, 9.17) is 16.3 Å². The smallest absolute Gasteiger partial charge is 0.253 e. The average molecular weight is 391 g/mol. The molecule has 3 aromatic rings. The van der Waals surface area contributed by atoms with Crippen molar-refractivity contribution in [1.29, 1.82) is 0 Å². The molecule has 0 unspecified atom stereocenters. The van der Waals surface area contributed by atoms with Crippen LogP contribution in [0.15, 0.2) is 36.8 Å². The van der Waals surface area contributed by atoms with Crippen LogP contribution in [0.1, 0.15) is 12.8 Å². The number of thiophene rings is 1. The maximum Gasteiger partial charge on any atom is 0.253 e. The number of hydrogen-bond donors (Lipinski definition) is 1.